The molecular formula is C12H24. The Balaban J connectivity index is -0.000000249. The van der Waals surface area contributed by atoms with Crippen LogP contribution in [0.4, 0.5) is 0 Å². The summed E-state index contributed by atoms with van der Waals surface area (Å²) in [6, 6.07) is 0. The van der Waals surface area contributed by atoms with Crippen molar-refractivity contribution in [2.24, 2.45) is 0 Å². The van der Waals surface area contributed by atoms with Crippen LogP contribution in [0.15, 0.2) is 36.5 Å². The largest absolute Gasteiger partial charge is 0.0988 e. The SMILES string of the molecule is C.C=C/C(C)=C(\C=C)CC.CC. The molecule has 0 aliphatic rings. The Morgan fingerprint density at radius 1 is 1.17 bits per heavy atom. The number of hydrogen-bond acceptors (Lipinski definition) is 0. The van der Waals surface area contributed by atoms with Gasteiger partial charge in [0.15, 0.2) is 0 Å². The maximum atomic E-state index is 3.70. The van der Waals surface area contributed by atoms with Crippen LogP contribution < -0.4 is 0 Å². The molecule has 0 aromatic carbocycles. The van der Waals surface area contributed by atoms with Crippen LogP contribution in [-0.2, 0) is 0 Å². The summed E-state index contributed by atoms with van der Waals surface area (Å²) in [5.74, 6) is 0. The van der Waals surface area contributed by atoms with Gasteiger partial charge in [0.25, 0.3) is 0 Å². The zero-order chi connectivity index (χ0) is 9.28. The molecule has 0 aromatic rings. The van der Waals surface area contributed by atoms with Crippen LogP contribution in [0.2, 0.25) is 0 Å². The van der Waals surface area contributed by atoms with Crippen molar-refractivity contribution in [2.75, 3.05) is 0 Å². The quantitative estimate of drug-likeness (QED) is 0.534. The van der Waals surface area contributed by atoms with Gasteiger partial charge < -0.3 is 0 Å². The van der Waals surface area contributed by atoms with E-state index < -0.39 is 0 Å². The highest BCUT2D eigenvalue weighted by Crippen LogP contribution is 2.08. The predicted molar refractivity (Wildman–Crippen MR) is 61.5 cm³/mol. The minimum absolute atomic E-state index is 0. The minimum atomic E-state index is 0. The fraction of sp³-hybridized carbons (Fsp3) is 0.500. The Labute approximate surface area is 78.7 Å². The summed E-state index contributed by atoms with van der Waals surface area (Å²) in [5.41, 5.74) is 2.51. The van der Waals surface area contributed by atoms with E-state index in [0.29, 0.717) is 0 Å². The molecule has 0 aliphatic carbocycles. The summed E-state index contributed by atoms with van der Waals surface area (Å²) < 4.78 is 0. The van der Waals surface area contributed by atoms with E-state index in [1.807, 2.05) is 32.9 Å². The van der Waals surface area contributed by atoms with E-state index in [9.17, 15) is 0 Å². The normalized spacial score (nSPS) is 9.67. The van der Waals surface area contributed by atoms with Crippen LogP contribution in [0.5, 0.6) is 0 Å². The lowest BCUT2D eigenvalue weighted by Crippen LogP contribution is -1.77. The standard InChI is InChI=1S/C9H14.C2H6.CH4/c1-5-8(4)9(6-2)7-3;1-2;/h5-6H,1-2,7H2,3-4H3;1-2H3;1H4/b9-8+;;. The van der Waals surface area contributed by atoms with Crippen LogP contribution in [0.25, 0.3) is 0 Å². The molecule has 0 fully saturated rings. The first kappa shape index (κ1) is 17.3. The van der Waals surface area contributed by atoms with Gasteiger partial charge in [0.2, 0.25) is 0 Å². The van der Waals surface area contributed by atoms with Crippen LogP contribution in [-0.4, -0.2) is 0 Å². The van der Waals surface area contributed by atoms with Gasteiger partial charge >= 0.3 is 0 Å². The Morgan fingerprint density at radius 3 is 1.67 bits per heavy atom. The third-order valence-corrected chi connectivity index (χ3v) is 1.44. The smallest absolute Gasteiger partial charge is 0.0305 e. The number of allylic oxidation sites excluding steroid dienone is 4. The molecule has 0 spiro atoms. The zero-order valence-corrected chi connectivity index (χ0v) is 8.28. The van der Waals surface area contributed by atoms with E-state index in [-0.39, 0.29) is 7.43 Å². The lowest BCUT2D eigenvalue weighted by molar-refractivity contribution is 1.12. The maximum absolute atomic E-state index is 3.70. The first-order valence-electron chi connectivity index (χ1n) is 4.20. The second kappa shape index (κ2) is 12.9. The maximum Gasteiger partial charge on any atom is -0.0305 e. The molecule has 0 rings (SSSR count). The second-order valence-corrected chi connectivity index (χ2v) is 1.97. The second-order valence-electron chi connectivity index (χ2n) is 1.97. The van der Waals surface area contributed by atoms with Gasteiger partial charge in [-0.15, -0.1) is 0 Å². The highest BCUT2D eigenvalue weighted by atomic mass is 13.9. The Morgan fingerprint density at radius 2 is 1.58 bits per heavy atom. The molecule has 0 nitrogen and oxygen atoms in total. The molecule has 0 radical (unpaired) electrons. The molecule has 0 saturated heterocycles. The molecule has 12 heavy (non-hydrogen) atoms. The van der Waals surface area contributed by atoms with Gasteiger partial charge in [-0.25, -0.2) is 0 Å². The highest BCUT2D eigenvalue weighted by Gasteiger charge is 1.88. The molecule has 0 unspecified atom stereocenters. The fourth-order valence-corrected chi connectivity index (χ4v) is 0.715. The van der Waals surface area contributed by atoms with E-state index in [2.05, 4.69) is 20.1 Å². The zero-order valence-electron chi connectivity index (χ0n) is 8.28. The summed E-state index contributed by atoms with van der Waals surface area (Å²) in [4.78, 5) is 0. The Hall–Kier alpha value is -0.780. The van der Waals surface area contributed by atoms with Gasteiger partial charge in [0.1, 0.15) is 0 Å². The molecule has 0 atom stereocenters. The number of hydrogen-bond donors (Lipinski definition) is 0. The average Bonchev–Trinajstić information content (AvgIpc) is 2.10. The summed E-state index contributed by atoms with van der Waals surface area (Å²) >= 11 is 0. The van der Waals surface area contributed by atoms with Crippen molar-refractivity contribution in [3.8, 4) is 0 Å². The van der Waals surface area contributed by atoms with Crippen molar-refractivity contribution in [3.05, 3.63) is 36.5 Å². The van der Waals surface area contributed by atoms with Crippen molar-refractivity contribution in [3.63, 3.8) is 0 Å². The van der Waals surface area contributed by atoms with Gasteiger partial charge in [0.05, 0.1) is 0 Å². The average molecular weight is 168 g/mol. The van der Waals surface area contributed by atoms with E-state index in [4.69, 9.17) is 0 Å². The van der Waals surface area contributed by atoms with Gasteiger partial charge in [-0.2, -0.15) is 0 Å². The van der Waals surface area contributed by atoms with Crippen LogP contribution in [0.3, 0.4) is 0 Å². The van der Waals surface area contributed by atoms with Gasteiger partial charge in [-0.3, -0.25) is 0 Å². The summed E-state index contributed by atoms with van der Waals surface area (Å²) in [5, 5.41) is 0. The molecule has 0 saturated carbocycles. The molecule has 0 aliphatic heterocycles. The molecule has 0 bridgehead atoms. The fourth-order valence-electron chi connectivity index (χ4n) is 0.715. The van der Waals surface area contributed by atoms with Gasteiger partial charge in [-0.05, 0) is 24.5 Å². The van der Waals surface area contributed by atoms with E-state index >= 15 is 0 Å². The molecule has 0 heterocycles. The molecular weight excluding hydrogens is 144 g/mol. The van der Waals surface area contributed by atoms with Crippen LogP contribution in [0, 0.1) is 0 Å². The first-order chi connectivity index (χ1) is 5.26. The van der Waals surface area contributed by atoms with E-state index in [0.717, 1.165) is 6.42 Å². The monoisotopic (exact) mass is 168 g/mol. The predicted octanol–water partition coefficient (Wildman–Crippen LogP) is 4.75. The molecule has 0 amide bonds. The van der Waals surface area contributed by atoms with Crippen molar-refractivity contribution >= 4 is 0 Å². The lowest BCUT2D eigenvalue weighted by atomic mass is 10.1. The summed E-state index contributed by atoms with van der Waals surface area (Å²) in [6.07, 6.45) is 4.79. The third kappa shape index (κ3) is 7.33. The van der Waals surface area contributed by atoms with Gasteiger partial charge in [0, 0.05) is 0 Å². The molecule has 0 aromatic heterocycles. The van der Waals surface area contributed by atoms with E-state index in [1.54, 1.807) is 0 Å². The summed E-state index contributed by atoms with van der Waals surface area (Å²) in [7, 11) is 0. The lowest BCUT2D eigenvalue weighted by Gasteiger charge is -1.98. The van der Waals surface area contributed by atoms with Crippen molar-refractivity contribution < 1.29 is 0 Å². The summed E-state index contributed by atoms with van der Waals surface area (Å²) in [6.45, 7) is 15.5. The van der Waals surface area contributed by atoms with Crippen LogP contribution in [0.1, 0.15) is 41.5 Å². The van der Waals surface area contributed by atoms with E-state index in [1.165, 1.54) is 11.1 Å². The molecule has 0 heteroatoms. The number of rotatable bonds is 3. The molecule has 72 valence electrons. The molecule has 0 N–H and O–H groups in total. The third-order valence-electron chi connectivity index (χ3n) is 1.44. The van der Waals surface area contributed by atoms with Crippen molar-refractivity contribution in [1.82, 2.24) is 0 Å². The first-order valence-corrected chi connectivity index (χ1v) is 4.20. The minimum Gasteiger partial charge on any atom is -0.0988 e. The van der Waals surface area contributed by atoms with Crippen LogP contribution >= 0.6 is 0 Å². The van der Waals surface area contributed by atoms with Crippen molar-refractivity contribution in [2.45, 2.75) is 41.5 Å². The Kier molecular flexibility index (Phi) is 18.6. The van der Waals surface area contributed by atoms with Gasteiger partial charge in [-0.1, -0.05) is 53.5 Å². The van der Waals surface area contributed by atoms with Crippen molar-refractivity contribution in [1.29, 1.82) is 0 Å². The Bertz CT molecular complexity index is 138. The topological polar surface area (TPSA) is 0 Å². The highest BCUT2D eigenvalue weighted by molar-refractivity contribution is 5.28.